The Morgan fingerprint density at radius 3 is 1.53 bits per heavy atom. The van der Waals surface area contributed by atoms with E-state index in [-0.39, 0.29) is 5.97 Å². The van der Waals surface area contributed by atoms with Gasteiger partial charge in [-0.15, -0.1) is 0 Å². The average Bonchev–Trinajstić information content (AvgIpc) is 2.30. The summed E-state index contributed by atoms with van der Waals surface area (Å²) in [4.78, 5) is 20.0. The Hall–Kier alpha value is -1.58. The number of esters is 2. The van der Waals surface area contributed by atoms with Gasteiger partial charge in [0.1, 0.15) is 0 Å². The van der Waals surface area contributed by atoms with Crippen LogP contribution in [-0.2, 0) is 19.1 Å². The van der Waals surface area contributed by atoms with Gasteiger partial charge in [-0.3, -0.25) is 0 Å². The molecule has 0 unspecified atom stereocenters. The van der Waals surface area contributed by atoms with Gasteiger partial charge in [0.15, 0.2) is 0 Å². The van der Waals surface area contributed by atoms with E-state index < -0.39 is 5.97 Å². The number of rotatable bonds is 2. The van der Waals surface area contributed by atoms with Crippen LogP contribution in [0.5, 0.6) is 0 Å². The van der Waals surface area contributed by atoms with Crippen molar-refractivity contribution >= 4 is 11.9 Å². The van der Waals surface area contributed by atoms with Gasteiger partial charge in [-0.25, -0.2) is 9.59 Å². The highest BCUT2D eigenvalue weighted by Crippen LogP contribution is 1.87. The molecule has 0 N–H and O–H groups in total. The van der Waals surface area contributed by atoms with Crippen molar-refractivity contribution in [2.24, 2.45) is 0 Å². The van der Waals surface area contributed by atoms with Crippen LogP contribution in [0.3, 0.4) is 0 Å². The first-order valence-electron chi connectivity index (χ1n) is 4.43. The van der Waals surface area contributed by atoms with Gasteiger partial charge >= 0.3 is 11.9 Å². The van der Waals surface area contributed by atoms with E-state index in [1.807, 2.05) is 13.8 Å². The maximum atomic E-state index is 10.2. The monoisotopic (exact) mass is 216 g/mol. The lowest BCUT2D eigenvalue weighted by Crippen LogP contribution is -1.98. The summed E-state index contributed by atoms with van der Waals surface area (Å²) in [5, 5.41) is 0. The van der Waals surface area contributed by atoms with Gasteiger partial charge in [0.2, 0.25) is 0 Å². The van der Waals surface area contributed by atoms with Gasteiger partial charge in [0.05, 0.1) is 14.2 Å². The van der Waals surface area contributed by atoms with Crippen molar-refractivity contribution in [2.75, 3.05) is 14.2 Å². The summed E-state index contributed by atoms with van der Waals surface area (Å²) < 4.78 is 8.42. The molecule has 0 bridgehead atoms. The summed E-state index contributed by atoms with van der Waals surface area (Å²) in [6, 6.07) is 0. The molecule has 0 radical (unpaired) electrons. The van der Waals surface area contributed by atoms with E-state index in [4.69, 9.17) is 0 Å². The average molecular weight is 216 g/mol. The second-order valence-electron chi connectivity index (χ2n) is 2.00. The molecule has 0 aliphatic heterocycles. The minimum atomic E-state index is -0.394. The van der Waals surface area contributed by atoms with E-state index in [1.54, 1.807) is 6.92 Å². The van der Waals surface area contributed by atoms with E-state index in [9.17, 15) is 9.59 Å². The quantitative estimate of drug-likeness (QED) is 0.524. The smallest absolute Gasteiger partial charge is 0.332 e. The van der Waals surface area contributed by atoms with Crippen LogP contribution >= 0.6 is 0 Å². The van der Waals surface area contributed by atoms with Crippen molar-refractivity contribution in [2.45, 2.75) is 20.8 Å². The Balaban J connectivity index is -0.000000166. The second kappa shape index (κ2) is 14.9. The molecule has 0 aromatic rings. The lowest BCUT2D eigenvalue weighted by molar-refractivity contribution is -0.136. The Bertz CT molecular complexity index is 207. The van der Waals surface area contributed by atoms with Gasteiger partial charge in [-0.1, -0.05) is 27.0 Å². The molecule has 0 aromatic heterocycles. The standard InChI is InChI=1S/C5H8O2.C4H6O2.C2H6/c1-4(2)5(6)7-3;1-3-4(5)6-2;1-2/h1H2,2-3H3;3H,1H2,2H3;1-2H3. The van der Waals surface area contributed by atoms with Gasteiger partial charge in [-0.2, -0.15) is 0 Å². The molecule has 15 heavy (non-hydrogen) atoms. The fourth-order valence-electron chi connectivity index (χ4n) is 0.258. The third-order valence-electron chi connectivity index (χ3n) is 0.902. The molecule has 0 aliphatic carbocycles. The molecule has 88 valence electrons. The zero-order valence-electron chi connectivity index (χ0n) is 10.1. The molecule has 0 fully saturated rings. The van der Waals surface area contributed by atoms with E-state index >= 15 is 0 Å². The lowest BCUT2D eigenvalue weighted by atomic mass is 10.4. The third kappa shape index (κ3) is 19.0. The van der Waals surface area contributed by atoms with Crippen molar-refractivity contribution in [3.05, 3.63) is 24.8 Å². The first kappa shape index (κ1) is 19.1. The van der Waals surface area contributed by atoms with E-state index in [0.717, 1.165) is 6.08 Å². The third-order valence-corrected chi connectivity index (χ3v) is 0.902. The molecule has 0 heterocycles. The minimum absolute atomic E-state index is 0.347. The first-order valence-corrected chi connectivity index (χ1v) is 4.43. The van der Waals surface area contributed by atoms with Crippen LogP contribution in [0.1, 0.15) is 20.8 Å². The SMILES string of the molecule is C=C(C)C(=O)OC.C=CC(=O)OC.CC. The fraction of sp³-hybridized carbons (Fsp3) is 0.455. The summed E-state index contributed by atoms with van der Waals surface area (Å²) in [6.45, 7) is 12.1. The number of hydrogen-bond acceptors (Lipinski definition) is 4. The fourth-order valence-corrected chi connectivity index (χ4v) is 0.258. The zero-order chi connectivity index (χ0) is 12.9. The molecule has 4 nitrogen and oxygen atoms in total. The highest BCUT2D eigenvalue weighted by atomic mass is 16.5. The Labute approximate surface area is 91.6 Å². The van der Waals surface area contributed by atoms with Crippen LogP contribution in [-0.4, -0.2) is 26.2 Å². The second-order valence-corrected chi connectivity index (χ2v) is 2.00. The first-order chi connectivity index (χ1) is 6.99. The summed E-state index contributed by atoms with van der Waals surface area (Å²) in [5.41, 5.74) is 0.433. The maximum Gasteiger partial charge on any atom is 0.332 e. The van der Waals surface area contributed by atoms with Crippen molar-refractivity contribution in [1.82, 2.24) is 0 Å². The summed E-state index contributed by atoms with van der Waals surface area (Å²) >= 11 is 0. The van der Waals surface area contributed by atoms with Gasteiger partial charge < -0.3 is 9.47 Å². The van der Waals surface area contributed by atoms with Crippen LogP contribution in [0.15, 0.2) is 24.8 Å². The van der Waals surface area contributed by atoms with Crippen molar-refractivity contribution < 1.29 is 19.1 Å². The topological polar surface area (TPSA) is 52.6 Å². The van der Waals surface area contributed by atoms with Crippen molar-refractivity contribution in [3.8, 4) is 0 Å². The van der Waals surface area contributed by atoms with Crippen LogP contribution in [0.2, 0.25) is 0 Å². The summed E-state index contributed by atoms with van der Waals surface area (Å²) in [5.74, 6) is -0.741. The molecule has 0 aliphatic rings. The lowest BCUT2D eigenvalue weighted by Gasteiger charge is -1.91. The van der Waals surface area contributed by atoms with Crippen LogP contribution in [0, 0.1) is 0 Å². The minimum Gasteiger partial charge on any atom is -0.466 e. The van der Waals surface area contributed by atoms with Crippen LogP contribution in [0.4, 0.5) is 0 Å². The van der Waals surface area contributed by atoms with E-state index in [1.165, 1.54) is 14.2 Å². The van der Waals surface area contributed by atoms with Gasteiger partial charge in [0, 0.05) is 11.6 Å². The Morgan fingerprint density at radius 1 is 1.13 bits per heavy atom. The number of ether oxygens (including phenoxy) is 2. The van der Waals surface area contributed by atoms with E-state index in [0.29, 0.717) is 5.57 Å². The Morgan fingerprint density at radius 2 is 1.53 bits per heavy atom. The molecule has 0 saturated heterocycles. The molecule has 0 amide bonds. The van der Waals surface area contributed by atoms with Crippen molar-refractivity contribution in [1.29, 1.82) is 0 Å². The molecule has 4 heteroatoms. The number of hydrogen-bond donors (Lipinski definition) is 0. The van der Waals surface area contributed by atoms with Gasteiger partial charge in [-0.05, 0) is 6.92 Å². The number of methoxy groups -OCH3 is 2. The molecule has 0 atom stereocenters. The molecular weight excluding hydrogens is 196 g/mol. The molecule has 0 spiro atoms. The predicted molar refractivity (Wildman–Crippen MR) is 60.4 cm³/mol. The molecule has 0 rings (SSSR count). The van der Waals surface area contributed by atoms with Crippen LogP contribution in [0.25, 0.3) is 0 Å². The largest absolute Gasteiger partial charge is 0.466 e. The summed E-state index contributed by atoms with van der Waals surface area (Å²) in [7, 11) is 2.64. The zero-order valence-corrected chi connectivity index (χ0v) is 10.1. The highest BCUT2D eigenvalue weighted by Gasteiger charge is 1.95. The highest BCUT2D eigenvalue weighted by molar-refractivity contribution is 5.86. The van der Waals surface area contributed by atoms with Crippen molar-refractivity contribution in [3.63, 3.8) is 0 Å². The van der Waals surface area contributed by atoms with Gasteiger partial charge in [0.25, 0.3) is 0 Å². The van der Waals surface area contributed by atoms with E-state index in [2.05, 4.69) is 22.6 Å². The normalized spacial score (nSPS) is 6.73. The molecule has 0 aromatic carbocycles. The number of carbonyl (C=O) groups is 2. The number of carbonyl (C=O) groups excluding carboxylic acids is 2. The molecular formula is C11H20O4. The summed E-state index contributed by atoms with van der Waals surface area (Å²) in [6.07, 6.45) is 1.11. The molecule has 0 saturated carbocycles. The van der Waals surface area contributed by atoms with Crippen LogP contribution < -0.4 is 0 Å². The Kier molecular flexibility index (Phi) is 19.0. The predicted octanol–water partition coefficient (Wildman–Crippen LogP) is 2.11. The maximum absolute atomic E-state index is 10.2.